The Labute approximate surface area is 297 Å². The Balaban J connectivity index is 1.07. The highest BCUT2D eigenvalue weighted by molar-refractivity contribution is 5.77. The summed E-state index contributed by atoms with van der Waals surface area (Å²) in [6, 6.07) is 24.0. The van der Waals surface area contributed by atoms with E-state index in [0.717, 1.165) is 94.2 Å². The van der Waals surface area contributed by atoms with Crippen molar-refractivity contribution in [3.05, 3.63) is 83.9 Å². The molecule has 2 aliphatic heterocycles. The molecule has 4 aromatic rings. The molecule has 0 aromatic heterocycles. The number of carbonyl (C=O) groups is 2. The van der Waals surface area contributed by atoms with E-state index in [1.54, 1.807) is 0 Å². The zero-order chi connectivity index (χ0) is 35.4. The maximum absolute atomic E-state index is 11.3. The van der Waals surface area contributed by atoms with Gasteiger partial charge in [0, 0.05) is 12.8 Å². The van der Waals surface area contributed by atoms with Gasteiger partial charge in [0.25, 0.3) is 0 Å². The fourth-order valence-electron chi connectivity index (χ4n) is 6.32. The quantitative estimate of drug-likeness (QED) is 0.0987. The first-order valence-electron chi connectivity index (χ1n) is 17.7. The molecule has 0 aliphatic carbocycles. The number of fused-ring (bicyclic) bond motifs is 2. The van der Waals surface area contributed by atoms with Gasteiger partial charge in [0.15, 0.2) is 23.0 Å². The number of aryl methyl sites for hydroxylation is 1. The van der Waals surface area contributed by atoms with Crippen molar-refractivity contribution in [1.29, 1.82) is 0 Å². The fraction of sp³-hybridized carbons (Fsp3) is 0.366. The van der Waals surface area contributed by atoms with Gasteiger partial charge in [0.2, 0.25) is 0 Å². The van der Waals surface area contributed by atoms with E-state index in [2.05, 4.69) is 18.2 Å². The summed E-state index contributed by atoms with van der Waals surface area (Å²) >= 11 is 0. The number of unbranched alkanes of at least 4 members (excludes halogenated alkanes) is 3. The van der Waals surface area contributed by atoms with E-state index in [0.29, 0.717) is 51.6 Å². The van der Waals surface area contributed by atoms with Crippen LogP contribution in [0, 0.1) is 0 Å². The van der Waals surface area contributed by atoms with Crippen molar-refractivity contribution >= 4 is 11.9 Å². The van der Waals surface area contributed by atoms with E-state index in [1.807, 2.05) is 54.6 Å². The third kappa shape index (κ3) is 9.87. The average molecular weight is 697 g/mol. The predicted octanol–water partition coefficient (Wildman–Crippen LogP) is 8.01. The molecule has 10 heteroatoms. The molecule has 0 amide bonds. The summed E-state index contributed by atoms with van der Waals surface area (Å²) < 4.78 is 35.4. The molecule has 10 nitrogen and oxygen atoms in total. The zero-order valence-electron chi connectivity index (χ0n) is 28.7. The van der Waals surface area contributed by atoms with Gasteiger partial charge in [-0.1, -0.05) is 37.1 Å². The molecule has 51 heavy (non-hydrogen) atoms. The SMILES string of the molecule is O=C(O)CCCOc1cccc(CCCCCCOc2cc(-c3ccc4c(c3)OCCO4)cc(-c3ccc4c(c3)OCCO4)c2)c1CCC(=O)O. The molecule has 2 aliphatic rings. The van der Waals surface area contributed by atoms with Crippen LogP contribution in [0.3, 0.4) is 0 Å². The monoisotopic (exact) mass is 696 g/mol. The van der Waals surface area contributed by atoms with E-state index in [4.69, 9.17) is 33.5 Å². The molecular weight excluding hydrogens is 652 g/mol. The summed E-state index contributed by atoms with van der Waals surface area (Å²) in [5.41, 5.74) is 5.97. The zero-order valence-corrected chi connectivity index (χ0v) is 28.7. The van der Waals surface area contributed by atoms with Crippen LogP contribution in [0.1, 0.15) is 56.1 Å². The van der Waals surface area contributed by atoms with Crippen LogP contribution in [0.4, 0.5) is 0 Å². The first-order chi connectivity index (χ1) is 24.9. The maximum Gasteiger partial charge on any atom is 0.303 e. The lowest BCUT2D eigenvalue weighted by Gasteiger charge is -2.20. The molecule has 0 unspecified atom stereocenters. The van der Waals surface area contributed by atoms with Crippen molar-refractivity contribution in [1.82, 2.24) is 0 Å². The van der Waals surface area contributed by atoms with Crippen molar-refractivity contribution in [2.45, 2.75) is 57.8 Å². The lowest BCUT2D eigenvalue weighted by molar-refractivity contribution is -0.138. The minimum atomic E-state index is -0.866. The van der Waals surface area contributed by atoms with Crippen molar-refractivity contribution in [3.63, 3.8) is 0 Å². The van der Waals surface area contributed by atoms with Crippen molar-refractivity contribution in [3.8, 4) is 56.8 Å². The van der Waals surface area contributed by atoms with E-state index in [-0.39, 0.29) is 19.4 Å². The van der Waals surface area contributed by atoms with Gasteiger partial charge in [-0.2, -0.15) is 0 Å². The Kier molecular flexibility index (Phi) is 12.2. The number of hydrogen-bond acceptors (Lipinski definition) is 8. The van der Waals surface area contributed by atoms with E-state index >= 15 is 0 Å². The van der Waals surface area contributed by atoms with Gasteiger partial charge in [-0.15, -0.1) is 0 Å². The molecule has 0 atom stereocenters. The fourth-order valence-corrected chi connectivity index (χ4v) is 6.32. The summed E-state index contributed by atoms with van der Waals surface area (Å²) in [5.74, 6) is 2.64. The Morgan fingerprint density at radius 1 is 0.549 bits per heavy atom. The number of hydrogen-bond donors (Lipinski definition) is 2. The van der Waals surface area contributed by atoms with E-state index < -0.39 is 11.9 Å². The molecule has 2 heterocycles. The molecule has 4 aromatic carbocycles. The smallest absolute Gasteiger partial charge is 0.303 e. The molecule has 0 saturated carbocycles. The first-order valence-corrected chi connectivity index (χ1v) is 17.7. The Morgan fingerprint density at radius 2 is 1.14 bits per heavy atom. The Hall–Kier alpha value is -5.38. The second-order valence-electron chi connectivity index (χ2n) is 12.6. The van der Waals surface area contributed by atoms with Crippen LogP contribution in [-0.2, 0) is 22.4 Å². The lowest BCUT2D eigenvalue weighted by Crippen LogP contribution is -2.15. The van der Waals surface area contributed by atoms with Crippen LogP contribution in [0.25, 0.3) is 22.3 Å². The molecule has 0 bridgehead atoms. The number of benzene rings is 4. The summed E-state index contributed by atoms with van der Waals surface area (Å²) in [5, 5.41) is 18.2. The van der Waals surface area contributed by atoms with Crippen LogP contribution < -0.4 is 28.4 Å². The second kappa shape index (κ2) is 17.5. The van der Waals surface area contributed by atoms with E-state index in [1.165, 1.54) is 0 Å². The van der Waals surface area contributed by atoms with Crippen LogP contribution in [0.2, 0.25) is 0 Å². The predicted molar refractivity (Wildman–Crippen MR) is 192 cm³/mol. The largest absolute Gasteiger partial charge is 0.494 e. The van der Waals surface area contributed by atoms with Gasteiger partial charge in [-0.25, -0.2) is 0 Å². The van der Waals surface area contributed by atoms with Gasteiger partial charge in [-0.3, -0.25) is 9.59 Å². The third-order valence-corrected chi connectivity index (χ3v) is 8.88. The van der Waals surface area contributed by atoms with Crippen molar-refractivity contribution in [2.24, 2.45) is 0 Å². The number of ether oxygens (including phenoxy) is 6. The molecular formula is C41H44O10. The number of rotatable bonds is 18. The van der Waals surface area contributed by atoms with Crippen LogP contribution >= 0.6 is 0 Å². The summed E-state index contributed by atoms with van der Waals surface area (Å²) in [6.45, 7) is 2.95. The van der Waals surface area contributed by atoms with Gasteiger partial charge < -0.3 is 38.6 Å². The Bertz CT molecular complexity index is 1740. The molecule has 0 radical (unpaired) electrons. The van der Waals surface area contributed by atoms with Crippen LogP contribution in [0.5, 0.6) is 34.5 Å². The van der Waals surface area contributed by atoms with Gasteiger partial charge in [-0.05, 0) is 114 Å². The molecule has 0 spiro atoms. The maximum atomic E-state index is 11.3. The highest BCUT2D eigenvalue weighted by atomic mass is 16.6. The van der Waals surface area contributed by atoms with Gasteiger partial charge in [0.1, 0.15) is 37.9 Å². The lowest BCUT2D eigenvalue weighted by atomic mass is 9.96. The summed E-state index contributed by atoms with van der Waals surface area (Å²) in [6.07, 6.45) is 5.39. The van der Waals surface area contributed by atoms with Crippen LogP contribution in [0.15, 0.2) is 72.8 Å². The second-order valence-corrected chi connectivity index (χ2v) is 12.6. The Morgan fingerprint density at radius 3 is 1.76 bits per heavy atom. The van der Waals surface area contributed by atoms with Gasteiger partial charge in [0.05, 0.1) is 13.2 Å². The molecule has 2 N–H and O–H groups in total. The minimum Gasteiger partial charge on any atom is -0.494 e. The number of carboxylic acids is 2. The van der Waals surface area contributed by atoms with Crippen LogP contribution in [-0.4, -0.2) is 61.8 Å². The standard InChI is InChI=1S/C41H44O10/c42-40(43)10-6-18-47-35-9-5-8-28(34(35)13-16-41(44)45)7-3-1-2-4-17-46-33-24-31(29-11-14-36-38(26-29)50-21-19-48-36)23-32(25-33)30-12-15-37-39(27-30)51-22-20-49-37/h5,8-9,11-12,14-15,23-27H,1-4,6-7,10,13,16-22H2,(H,42,43)(H,44,45). The topological polar surface area (TPSA) is 130 Å². The highest BCUT2D eigenvalue weighted by Gasteiger charge is 2.17. The first kappa shape index (κ1) is 35.4. The van der Waals surface area contributed by atoms with Crippen molar-refractivity contribution < 1.29 is 48.2 Å². The number of aliphatic carboxylic acids is 2. The third-order valence-electron chi connectivity index (χ3n) is 8.88. The van der Waals surface area contributed by atoms with Crippen molar-refractivity contribution in [2.75, 3.05) is 39.6 Å². The summed E-state index contributed by atoms with van der Waals surface area (Å²) in [4.78, 5) is 22.2. The summed E-state index contributed by atoms with van der Waals surface area (Å²) in [7, 11) is 0. The number of carboxylic acid groups (broad SMARTS) is 2. The molecule has 268 valence electrons. The normalized spacial score (nSPS) is 13.0. The average Bonchev–Trinajstić information content (AvgIpc) is 3.15. The highest BCUT2D eigenvalue weighted by Crippen LogP contribution is 2.40. The van der Waals surface area contributed by atoms with E-state index in [9.17, 15) is 14.7 Å². The molecule has 0 fully saturated rings. The minimum absolute atomic E-state index is 0.00604. The molecule has 0 saturated heterocycles. The van der Waals surface area contributed by atoms with Gasteiger partial charge >= 0.3 is 11.9 Å². The molecule has 6 rings (SSSR count).